The van der Waals surface area contributed by atoms with E-state index in [1.807, 2.05) is 30.3 Å². The molecule has 2 aromatic carbocycles. The monoisotopic (exact) mass is 393 g/mol. The van der Waals surface area contributed by atoms with E-state index in [2.05, 4.69) is 0 Å². The van der Waals surface area contributed by atoms with Gasteiger partial charge in [0.05, 0.1) is 23.1 Å². The zero-order valence-electron chi connectivity index (χ0n) is 15.2. The summed E-state index contributed by atoms with van der Waals surface area (Å²) in [7, 11) is -1.10. The van der Waals surface area contributed by atoms with Crippen LogP contribution >= 0.6 is 11.6 Å². The zero-order chi connectivity index (χ0) is 19.6. The molecule has 0 spiro atoms. The Kier molecular flexibility index (Phi) is 5.42. The number of ether oxygens (including phenoxy) is 1. The highest BCUT2D eigenvalue weighted by atomic mass is 35.5. The molecule has 4 nitrogen and oxygen atoms in total. The molecule has 27 heavy (non-hydrogen) atoms. The van der Waals surface area contributed by atoms with Crippen molar-refractivity contribution >= 4 is 29.6 Å². The highest BCUT2D eigenvalue weighted by Crippen LogP contribution is 2.43. The molecule has 0 N–H and O–H groups in total. The van der Waals surface area contributed by atoms with Crippen LogP contribution in [0.1, 0.15) is 16.7 Å². The zero-order valence-corrected chi connectivity index (χ0v) is 16.0. The van der Waals surface area contributed by atoms with Gasteiger partial charge >= 0.3 is 7.11 Å². The summed E-state index contributed by atoms with van der Waals surface area (Å²) in [5.41, 5.74) is 1.84. The first kappa shape index (κ1) is 19.2. The van der Waals surface area contributed by atoms with Gasteiger partial charge in [-0.15, -0.1) is 0 Å². The van der Waals surface area contributed by atoms with Crippen molar-refractivity contribution in [3.05, 3.63) is 65.2 Å². The standard InChI is InChI=1S/C19H19BClF2NO3/c1-13-16(25-12-14-7-5-4-6-8-14)10-9-15-17(11-18(21)24(2)3)26-20(22,23)27-19(13)15/h4-11H,12H2,1-3H3/b17-11-. The molecule has 142 valence electrons. The van der Waals surface area contributed by atoms with Gasteiger partial charge in [0.1, 0.15) is 26.5 Å². The highest BCUT2D eigenvalue weighted by Gasteiger charge is 2.40. The lowest BCUT2D eigenvalue weighted by molar-refractivity contribution is -0.461. The van der Waals surface area contributed by atoms with Crippen LogP contribution in [-0.2, 0) is 11.3 Å². The van der Waals surface area contributed by atoms with Gasteiger partial charge in [-0.2, -0.15) is 0 Å². The molecular formula is C19H19BClF2NO3. The molecule has 3 rings (SSSR count). The Bertz CT molecular complexity index is 913. The maximum atomic E-state index is 14.0. The molecule has 0 aliphatic carbocycles. The lowest BCUT2D eigenvalue weighted by atomic mass is 10.0. The van der Waals surface area contributed by atoms with E-state index in [4.69, 9.17) is 25.6 Å². The number of rotatable bonds is 4. The molecule has 1 aliphatic heterocycles. The van der Waals surface area contributed by atoms with Crippen LogP contribution in [0, 0.1) is 6.92 Å². The molecule has 0 saturated carbocycles. The van der Waals surface area contributed by atoms with Crippen molar-refractivity contribution in [2.24, 2.45) is 0 Å². The van der Waals surface area contributed by atoms with E-state index in [1.165, 1.54) is 6.08 Å². The van der Waals surface area contributed by atoms with Crippen molar-refractivity contribution in [1.29, 1.82) is 0 Å². The smallest absolute Gasteiger partial charge is 0.627 e. The summed E-state index contributed by atoms with van der Waals surface area (Å²) in [4.78, 5) is 0. The van der Waals surface area contributed by atoms with Crippen LogP contribution in [0.2, 0.25) is 0 Å². The fraction of sp³-hybridized carbons (Fsp3) is 0.211. The molecule has 0 atom stereocenters. The number of hydrogen-bond acceptors (Lipinski definition) is 3. The van der Waals surface area contributed by atoms with Gasteiger partial charge in [0.25, 0.3) is 5.17 Å². The second-order valence-electron chi connectivity index (χ2n) is 6.34. The van der Waals surface area contributed by atoms with Gasteiger partial charge in [0.15, 0.2) is 0 Å². The van der Waals surface area contributed by atoms with E-state index in [1.54, 1.807) is 37.7 Å². The average Bonchev–Trinajstić information content (AvgIpc) is 2.62. The normalized spacial score (nSPS) is 16.1. The maximum absolute atomic E-state index is 14.0. The molecule has 1 heterocycles. The van der Waals surface area contributed by atoms with Gasteiger partial charge in [0.2, 0.25) is 0 Å². The van der Waals surface area contributed by atoms with Gasteiger partial charge in [0, 0.05) is 5.56 Å². The number of hydrogen-bond donors (Lipinski definition) is 0. The SMILES string of the molecule is Cc1c(OCc2ccccc2)ccc2c1O[B-](F)(F)O/C2=C\C(Cl)=[N+](C)C. The molecule has 0 bridgehead atoms. The van der Waals surface area contributed by atoms with E-state index in [0.717, 1.165) is 5.56 Å². The summed E-state index contributed by atoms with van der Waals surface area (Å²) in [6.07, 6.45) is 1.35. The highest BCUT2D eigenvalue weighted by molar-refractivity contribution is 6.67. The van der Waals surface area contributed by atoms with Crippen molar-refractivity contribution in [2.45, 2.75) is 13.5 Å². The number of fused-ring (bicyclic) bond motifs is 1. The van der Waals surface area contributed by atoms with E-state index in [0.29, 0.717) is 23.5 Å². The fourth-order valence-electron chi connectivity index (χ4n) is 2.63. The van der Waals surface area contributed by atoms with Crippen LogP contribution in [0.25, 0.3) is 5.76 Å². The minimum atomic E-state index is -4.50. The molecule has 0 saturated heterocycles. The first-order valence-electron chi connectivity index (χ1n) is 8.37. The Balaban J connectivity index is 1.96. The summed E-state index contributed by atoms with van der Waals surface area (Å²) in [6.45, 7) is 1.99. The van der Waals surface area contributed by atoms with E-state index in [-0.39, 0.29) is 16.7 Å². The maximum Gasteiger partial charge on any atom is 0.725 e. The number of nitrogens with zero attached hydrogens (tertiary/aromatic N) is 1. The van der Waals surface area contributed by atoms with Crippen molar-refractivity contribution in [3.8, 4) is 11.5 Å². The molecular weight excluding hydrogens is 374 g/mol. The van der Waals surface area contributed by atoms with Gasteiger partial charge in [-0.1, -0.05) is 30.3 Å². The minimum absolute atomic E-state index is 0.0336. The van der Waals surface area contributed by atoms with Gasteiger partial charge < -0.3 is 22.7 Å². The Morgan fingerprint density at radius 2 is 1.85 bits per heavy atom. The summed E-state index contributed by atoms with van der Waals surface area (Å²) in [5, 5.41) is 0.256. The Morgan fingerprint density at radius 3 is 2.52 bits per heavy atom. The molecule has 0 aromatic heterocycles. The minimum Gasteiger partial charge on any atom is -0.627 e. The number of benzene rings is 2. The molecule has 1 aliphatic rings. The van der Waals surface area contributed by atoms with Crippen LogP contribution in [0.4, 0.5) is 8.63 Å². The first-order valence-corrected chi connectivity index (χ1v) is 8.75. The summed E-state index contributed by atoms with van der Waals surface area (Å²) < 4.78 is 45.0. The van der Waals surface area contributed by atoms with Crippen LogP contribution < -0.4 is 9.39 Å². The lowest BCUT2D eigenvalue weighted by Crippen LogP contribution is -2.39. The molecule has 2 aromatic rings. The molecule has 0 unspecified atom stereocenters. The first-order chi connectivity index (χ1) is 12.8. The molecule has 0 amide bonds. The predicted octanol–water partition coefficient (Wildman–Crippen LogP) is 4.61. The lowest BCUT2D eigenvalue weighted by Gasteiger charge is -2.37. The Morgan fingerprint density at radius 1 is 1.15 bits per heavy atom. The number of allylic oxidation sites excluding steroid dienone is 1. The predicted molar refractivity (Wildman–Crippen MR) is 103 cm³/mol. The molecule has 0 fully saturated rings. The van der Waals surface area contributed by atoms with E-state index in [9.17, 15) is 8.63 Å². The Labute approximate surface area is 161 Å². The topological polar surface area (TPSA) is 30.7 Å². The summed E-state index contributed by atoms with van der Waals surface area (Å²) in [5.74, 6) is 0.456. The van der Waals surface area contributed by atoms with Gasteiger partial charge in [-0.05, 0) is 36.2 Å². The second kappa shape index (κ2) is 7.60. The third kappa shape index (κ3) is 4.42. The van der Waals surface area contributed by atoms with Crippen LogP contribution in [0.15, 0.2) is 48.5 Å². The van der Waals surface area contributed by atoms with Crippen LogP contribution in [0.5, 0.6) is 11.5 Å². The summed E-state index contributed by atoms with van der Waals surface area (Å²) >= 11 is 6.08. The van der Waals surface area contributed by atoms with Crippen molar-refractivity contribution in [3.63, 3.8) is 0 Å². The largest absolute Gasteiger partial charge is 0.725 e. The Hall–Kier alpha value is -2.54. The van der Waals surface area contributed by atoms with Gasteiger partial charge in [-0.25, -0.2) is 4.58 Å². The van der Waals surface area contributed by atoms with E-state index >= 15 is 0 Å². The van der Waals surface area contributed by atoms with E-state index < -0.39 is 7.11 Å². The average molecular weight is 394 g/mol. The fourth-order valence-corrected chi connectivity index (χ4v) is 2.73. The van der Waals surface area contributed by atoms with Crippen molar-refractivity contribution in [1.82, 2.24) is 0 Å². The third-order valence-corrected chi connectivity index (χ3v) is 4.50. The molecule has 0 radical (unpaired) electrons. The van der Waals surface area contributed by atoms with Crippen LogP contribution in [-0.4, -0.2) is 30.9 Å². The van der Waals surface area contributed by atoms with Gasteiger partial charge in [-0.3, -0.25) is 0 Å². The quantitative estimate of drug-likeness (QED) is 0.432. The summed E-state index contributed by atoms with van der Waals surface area (Å²) in [6, 6.07) is 12.9. The third-order valence-electron chi connectivity index (χ3n) is 4.06. The van der Waals surface area contributed by atoms with Crippen molar-refractivity contribution in [2.75, 3.05) is 14.1 Å². The van der Waals surface area contributed by atoms with Crippen LogP contribution in [0.3, 0.4) is 0 Å². The number of halogens is 3. The molecule has 8 heteroatoms. The second-order valence-corrected chi connectivity index (χ2v) is 6.72. The van der Waals surface area contributed by atoms with Crippen molar-refractivity contribution < 1.29 is 27.3 Å².